The summed E-state index contributed by atoms with van der Waals surface area (Å²) in [6.07, 6.45) is 1.16. The van der Waals surface area contributed by atoms with Crippen molar-refractivity contribution in [2.45, 2.75) is 25.5 Å². The Balaban J connectivity index is 1.70. The van der Waals surface area contributed by atoms with E-state index < -0.39 is 12.0 Å². The second-order valence-electron chi connectivity index (χ2n) is 5.94. The van der Waals surface area contributed by atoms with Gasteiger partial charge >= 0.3 is 5.97 Å². The van der Waals surface area contributed by atoms with Crippen molar-refractivity contribution < 1.29 is 23.8 Å². The van der Waals surface area contributed by atoms with E-state index in [2.05, 4.69) is 0 Å². The minimum atomic E-state index is -0.976. The van der Waals surface area contributed by atoms with Gasteiger partial charge in [0.25, 0.3) is 5.91 Å². The van der Waals surface area contributed by atoms with E-state index in [9.17, 15) is 19.1 Å². The lowest BCUT2D eigenvalue weighted by Crippen LogP contribution is -2.40. The number of hydrogen-bond donors (Lipinski definition) is 1. The van der Waals surface area contributed by atoms with Gasteiger partial charge in [0, 0.05) is 18.2 Å². The molecule has 1 fully saturated rings. The van der Waals surface area contributed by atoms with Gasteiger partial charge in [-0.3, -0.25) is 4.79 Å². The van der Waals surface area contributed by atoms with E-state index >= 15 is 0 Å². The van der Waals surface area contributed by atoms with Crippen LogP contribution >= 0.6 is 0 Å². The highest BCUT2D eigenvalue weighted by atomic mass is 19.1. The van der Waals surface area contributed by atoms with Gasteiger partial charge in [0.1, 0.15) is 24.2 Å². The van der Waals surface area contributed by atoms with Crippen molar-refractivity contribution in [2.24, 2.45) is 0 Å². The monoisotopic (exact) mass is 343 g/mol. The first-order valence-electron chi connectivity index (χ1n) is 8.05. The number of likely N-dealkylation sites (tertiary alicyclic amines) is 1. The third-order valence-electron chi connectivity index (χ3n) is 4.17. The van der Waals surface area contributed by atoms with Gasteiger partial charge in [-0.2, -0.15) is 0 Å². The molecule has 0 saturated carbocycles. The number of hydrogen-bond acceptors (Lipinski definition) is 3. The second-order valence-corrected chi connectivity index (χ2v) is 5.94. The van der Waals surface area contributed by atoms with Crippen LogP contribution in [-0.2, 0) is 11.4 Å². The first kappa shape index (κ1) is 17.0. The highest BCUT2D eigenvalue weighted by Crippen LogP contribution is 2.21. The van der Waals surface area contributed by atoms with Gasteiger partial charge in [0.2, 0.25) is 0 Å². The van der Waals surface area contributed by atoms with Crippen LogP contribution in [0.15, 0.2) is 48.5 Å². The van der Waals surface area contributed by atoms with Crippen LogP contribution in [0.25, 0.3) is 0 Å². The fraction of sp³-hybridized carbons (Fsp3) is 0.263. The zero-order chi connectivity index (χ0) is 17.8. The molecule has 5 nitrogen and oxygen atoms in total. The maximum Gasteiger partial charge on any atom is 0.326 e. The standard InChI is InChI=1S/C19H18FNO4/c20-15-6-2-7-16(11-15)25-12-13-4-1-5-14(10-13)18(22)21-9-3-8-17(21)19(23)24/h1-2,4-7,10-11,17H,3,8-9,12H2,(H,23,24)/t17-/m0/s1. The summed E-state index contributed by atoms with van der Waals surface area (Å²) in [4.78, 5) is 25.3. The molecule has 1 heterocycles. The molecule has 25 heavy (non-hydrogen) atoms. The summed E-state index contributed by atoms with van der Waals surface area (Å²) in [5.74, 6) is -1.24. The zero-order valence-electron chi connectivity index (χ0n) is 13.5. The molecule has 2 aromatic rings. The number of carboxylic acids is 1. The Morgan fingerprint density at radius 3 is 2.76 bits per heavy atom. The van der Waals surface area contributed by atoms with E-state index in [4.69, 9.17) is 4.74 Å². The largest absolute Gasteiger partial charge is 0.489 e. The van der Waals surface area contributed by atoms with Crippen LogP contribution in [-0.4, -0.2) is 34.5 Å². The van der Waals surface area contributed by atoms with Gasteiger partial charge in [-0.25, -0.2) is 9.18 Å². The number of rotatable bonds is 5. The van der Waals surface area contributed by atoms with Crippen LogP contribution in [0.5, 0.6) is 5.75 Å². The summed E-state index contributed by atoms with van der Waals surface area (Å²) in [5, 5.41) is 9.22. The van der Waals surface area contributed by atoms with Crippen LogP contribution in [0.1, 0.15) is 28.8 Å². The second kappa shape index (κ2) is 7.34. The van der Waals surface area contributed by atoms with Gasteiger partial charge in [0.15, 0.2) is 0 Å². The molecular formula is C19H18FNO4. The highest BCUT2D eigenvalue weighted by molar-refractivity contribution is 5.97. The van der Waals surface area contributed by atoms with E-state index in [1.165, 1.54) is 17.0 Å². The number of aliphatic carboxylic acids is 1. The quantitative estimate of drug-likeness (QED) is 0.906. The molecule has 1 N–H and O–H groups in total. The lowest BCUT2D eigenvalue weighted by Gasteiger charge is -2.21. The molecule has 2 aromatic carbocycles. The van der Waals surface area contributed by atoms with Crippen LogP contribution in [0.2, 0.25) is 0 Å². The number of nitrogens with zero attached hydrogens (tertiary/aromatic N) is 1. The highest BCUT2D eigenvalue weighted by Gasteiger charge is 2.34. The van der Waals surface area contributed by atoms with Gasteiger partial charge in [-0.05, 0) is 42.7 Å². The predicted molar refractivity (Wildman–Crippen MR) is 88.9 cm³/mol. The lowest BCUT2D eigenvalue weighted by atomic mass is 10.1. The third kappa shape index (κ3) is 3.96. The van der Waals surface area contributed by atoms with Gasteiger partial charge in [-0.15, -0.1) is 0 Å². The van der Waals surface area contributed by atoms with Crippen molar-refractivity contribution in [1.82, 2.24) is 4.90 Å². The number of benzene rings is 2. The zero-order valence-corrected chi connectivity index (χ0v) is 13.5. The van der Waals surface area contributed by atoms with Crippen LogP contribution in [0.4, 0.5) is 4.39 Å². The molecule has 1 amide bonds. The molecule has 3 rings (SSSR count). The van der Waals surface area contributed by atoms with Crippen LogP contribution < -0.4 is 4.74 Å². The molecule has 1 aliphatic heterocycles. The normalized spacial score (nSPS) is 16.7. The Morgan fingerprint density at radius 1 is 1.20 bits per heavy atom. The Bertz CT molecular complexity index is 792. The Morgan fingerprint density at radius 2 is 2.00 bits per heavy atom. The van der Waals surface area contributed by atoms with Crippen molar-refractivity contribution in [3.63, 3.8) is 0 Å². The average Bonchev–Trinajstić information content (AvgIpc) is 3.10. The molecule has 1 saturated heterocycles. The number of carbonyl (C=O) groups excluding carboxylic acids is 1. The molecule has 0 bridgehead atoms. The van der Waals surface area contributed by atoms with Crippen molar-refractivity contribution in [2.75, 3.05) is 6.54 Å². The van der Waals surface area contributed by atoms with Crippen LogP contribution in [0, 0.1) is 5.82 Å². The molecule has 130 valence electrons. The molecule has 0 aliphatic carbocycles. The van der Waals surface area contributed by atoms with E-state index in [1.807, 2.05) is 0 Å². The fourth-order valence-electron chi connectivity index (χ4n) is 2.95. The lowest BCUT2D eigenvalue weighted by molar-refractivity contribution is -0.141. The molecule has 1 aliphatic rings. The van der Waals surface area contributed by atoms with E-state index in [-0.39, 0.29) is 18.3 Å². The number of halogens is 1. The average molecular weight is 343 g/mol. The topological polar surface area (TPSA) is 66.8 Å². The minimum absolute atomic E-state index is 0.187. The Kier molecular flexibility index (Phi) is 4.97. The van der Waals surface area contributed by atoms with Gasteiger partial charge in [-0.1, -0.05) is 18.2 Å². The SMILES string of the molecule is O=C(O)[C@@H]1CCCN1C(=O)c1cccc(COc2cccc(F)c2)c1. The van der Waals surface area contributed by atoms with Crippen molar-refractivity contribution in [3.05, 3.63) is 65.5 Å². The summed E-state index contributed by atoms with van der Waals surface area (Å²) >= 11 is 0. The molecule has 0 unspecified atom stereocenters. The smallest absolute Gasteiger partial charge is 0.326 e. The summed E-state index contributed by atoms with van der Waals surface area (Å²) < 4.78 is 18.7. The van der Waals surface area contributed by atoms with Gasteiger partial charge < -0.3 is 14.7 Å². The first-order valence-corrected chi connectivity index (χ1v) is 8.05. The molecular weight excluding hydrogens is 325 g/mol. The summed E-state index contributed by atoms with van der Waals surface area (Å²) in [7, 11) is 0. The van der Waals surface area contributed by atoms with Crippen LogP contribution in [0.3, 0.4) is 0 Å². The molecule has 0 radical (unpaired) electrons. The van der Waals surface area contributed by atoms with Crippen molar-refractivity contribution in [3.8, 4) is 5.75 Å². The van der Waals surface area contributed by atoms with Crippen molar-refractivity contribution in [1.29, 1.82) is 0 Å². The number of ether oxygens (including phenoxy) is 1. The predicted octanol–water partition coefficient (Wildman–Crippen LogP) is 3.09. The minimum Gasteiger partial charge on any atom is -0.489 e. The Hall–Kier alpha value is -2.89. The molecule has 0 aromatic heterocycles. The molecule has 1 atom stereocenters. The maximum atomic E-state index is 13.2. The number of amides is 1. The number of carbonyl (C=O) groups is 2. The van der Waals surface area contributed by atoms with E-state index in [0.717, 1.165) is 5.56 Å². The third-order valence-corrected chi connectivity index (χ3v) is 4.17. The maximum absolute atomic E-state index is 13.2. The molecule has 0 spiro atoms. The molecule has 6 heteroatoms. The van der Waals surface area contributed by atoms with Gasteiger partial charge in [0.05, 0.1) is 0 Å². The number of carboxylic acid groups (broad SMARTS) is 1. The fourth-order valence-corrected chi connectivity index (χ4v) is 2.95. The van der Waals surface area contributed by atoms with E-state index in [0.29, 0.717) is 30.7 Å². The summed E-state index contributed by atoms with van der Waals surface area (Å²) in [6, 6.07) is 11.9. The first-order chi connectivity index (χ1) is 12.0. The van der Waals surface area contributed by atoms with E-state index in [1.54, 1.807) is 36.4 Å². The Labute approximate surface area is 144 Å². The summed E-state index contributed by atoms with van der Waals surface area (Å²) in [5.41, 5.74) is 1.18. The van der Waals surface area contributed by atoms with Crippen molar-refractivity contribution >= 4 is 11.9 Å². The summed E-state index contributed by atoms with van der Waals surface area (Å²) in [6.45, 7) is 0.632.